The van der Waals surface area contributed by atoms with Crippen LogP contribution in [0.25, 0.3) is 0 Å². The van der Waals surface area contributed by atoms with Crippen molar-refractivity contribution in [1.29, 1.82) is 0 Å². The van der Waals surface area contributed by atoms with E-state index >= 15 is 0 Å². The third kappa shape index (κ3) is 4.98. The Labute approximate surface area is 157 Å². The summed E-state index contributed by atoms with van der Waals surface area (Å²) in [6.07, 6.45) is 4.16. The van der Waals surface area contributed by atoms with Crippen molar-refractivity contribution < 1.29 is 14.3 Å². The van der Waals surface area contributed by atoms with Crippen molar-refractivity contribution in [2.75, 3.05) is 33.3 Å². The Hall–Kier alpha value is -1.59. The monoisotopic (exact) mass is 360 g/mol. The minimum Gasteiger partial charge on any atom is -0.497 e. The largest absolute Gasteiger partial charge is 0.497 e. The van der Waals surface area contributed by atoms with Crippen LogP contribution >= 0.6 is 0 Å². The summed E-state index contributed by atoms with van der Waals surface area (Å²) in [7, 11) is 1.67. The van der Waals surface area contributed by atoms with E-state index < -0.39 is 0 Å². The molecule has 0 N–H and O–H groups in total. The second kappa shape index (κ2) is 8.87. The maximum absolute atomic E-state index is 12.8. The molecule has 0 radical (unpaired) electrons. The summed E-state index contributed by atoms with van der Waals surface area (Å²) in [5, 5.41) is 0. The Kier molecular flexibility index (Phi) is 6.54. The van der Waals surface area contributed by atoms with Gasteiger partial charge in [-0.15, -0.1) is 0 Å². The van der Waals surface area contributed by atoms with E-state index in [0.29, 0.717) is 12.5 Å². The van der Waals surface area contributed by atoms with Crippen LogP contribution in [0, 0.1) is 0 Å². The van der Waals surface area contributed by atoms with Gasteiger partial charge in [-0.1, -0.05) is 12.1 Å². The summed E-state index contributed by atoms with van der Waals surface area (Å²) in [6, 6.07) is 8.36. The molecule has 5 heteroatoms. The van der Waals surface area contributed by atoms with E-state index in [1.165, 1.54) is 5.56 Å². The van der Waals surface area contributed by atoms with Crippen LogP contribution in [0.5, 0.6) is 5.75 Å². The molecule has 3 unspecified atom stereocenters. The van der Waals surface area contributed by atoms with Gasteiger partial charge in [0.2, 0.25) is 5.91 Å². The fourth-order valence-electron chi connectivity index (χ4n) is 4.27. The fraction of sp³-hybridized carbons (Fsp3) is 0.667. The van der Waals surface area contributed by atoms with E-state index in [-0.39, 0.29) is 18.1 Å². The van der Waals surface area contributed by atoms with E-state index in [2.05, 4.69) is 23.6 Å². The van der Waals surface area contributed by atoms with Crippen LogP contribution in [0.1, 0.15) is 38.7 Å². The van der Waals surface area contributed by atoms with Gasteiger partial charge in [0.1, 0.15) is 5.75 Å². The Morgan fingerprint density at radius 2 is 1.88 bits per heavy atom. The van der Waals surface area contributed by atoms with Gasteiger partial charge in [0.25, 0.3) is 0 Å². The lowest BCUT2D eigenvalue weighted by Gasteiger charge is -2.38. The SMILES string of the molecule is COc1ccc(CCC(=O)N2CCCC2CN2CC(C)OC(C)C2)cc1. The maximum Gasteiger partial charge on any atom is 0.223 e. The highest BCUT2D eigenvalue weighted by molar-refractivity contribution is 5.77. The van der Waals surface area contributed by atoms with E-state index in [1.807, 2.05) is 24.3 Å². The number of aryl methyl sites for hydroxylation is 1. The highest BCUT2D eigenvalue weighted by Gasteiger charge is 2.32. The first-order valence-corrected chi connectivity index (χ1v) is 9.85. The number of ether oxygens (including phenoxy) is 2. The van der Waals surface area contributed by atoms with Gasteiger partial charge in [0.15, 0.2) is 0 Å². The lowest BCUT2D eigenvalue weighted by Crippen LogP contribution is -2.50. The molecule has 1 aromatic carbocycles. The predicted molar refractivity (Wildman–Crippen MR) is 102 cm³/mol. The molecule has 0 bridgehead atoms. The summed E-state index contributed by atoms with van der Waals surface area (Å²) >= 11 is 0. The molecule has 2 fully saturated rings. The molecule has 2 aliphatic rings. The lowest BCUT2D eigenvalue weighted by molar-refractivity contribution is -0.133. The zero-order chi connectivity index (χ0) is 18.5. The number of methoxy groups -OCH3 is 1. The molecule has 3 atom stereocenters. The number of morpholine rings is 1. The zero-order valence-electron chi connectivity index (χ0n) is 16.3. The third-order valence-corrected chi connectivity index (χ3v) is 5.45. The quantitative estimate of drug-likeness (QED) is 0.782. The number of benzene rings is 1. The molecule has 2 heterocycles. The van der Waals surface area contributed by atoms with Crippen LogP contribution in [0.4, 0.5) is 0 Å². The number of carbonyl (C=O) groups is 1. The van der Waals surface area contributed by atoms with Crippen LogP contribution < -0.4 is 4.74 Å². The first-order valence-electron chi connectivity index (χ1n) is 9.85. The van der Waals surface area contributed by atoms with Crippen molar-refractivity contribution in [3.05, 3.63) is 29.8 Å². The molecule has 0 spiro atoms. The third-order valence-electron chi connectivity index (χ3n) is 5.45. The maximum atomic E-state index is 12.8. The minimum absolute atomic E-state index is 0.277. The highest BCUT2D eigenvalue weighted by atomic mass is 16.5. The average molecular weight is 360 g/mol. The molecule has 2 saturated heterocycles. The van der Waals surface area contributed by atoms with Gasteiger partial charge in [-0.25, -0.2) is 0 Å². The Morgan fingerprint density at radius 3 is 2.54 bits per heavy atom. The lowest BCUT2D eigenvalue weighted by atomic mass is 10.1. The molecule has 1 aromatic rings. The first kappa shape index (κ1) is 19.2. The van der Waals surface area contributed by atoms with Crippen molar-refractivity contribution >= 4 is 5.91 Å². The van der Waals surface area contributed by atoms with Crippen LogP contribution in [0.3, 0.4) is 0 Å². The first-order chi connectivity index (χ1) is 12.5. The standard InChI is InChI=1S/C21H32N2O3/c1-16-13-22(14-17(2)26-16)15-19-5-4-12-23(19)21(24)11-8-18-6-9-20(25-3)10-7-18/h6-7,9-10,16-17,19H,4-5,8,11-15H2,1-3H3. The molecule has 0 saturated carbocycles. The van der Waals surface area contributed by atoms with Crippen molar-refractivity contribution in [3.63, 3.8) is 0 Å². The van der Waals surface area contributed by atoms with Crippen LogP contribution in [-0.2, 0) is 16.0 Å². The Morgan fingerprint density at radius 1 is 1.19 bits per heavy atom. The second-order valence-corrected chi connectivity index (χ2v) is 7.71. The van der Waals surface area contributed by atoms with Crippen molar-refractivity contribution in [1.82, 2.24) is 9.80 Å². The number of hydrogen-bond acceptors (Lipinski definition) is 4. The van der Waals surface area contributed by atoms with Crippen molar-refractivity contribution in [2.45, 2.75) is 57.8 Å². The van der Waals surface area contributed by atoms with E-state index in [9.17, 15) is 4.79 Å². The Bertz CT molecular complexity index is 579. The van der Waals surface area contributed by atoms with Gasteiger partial charge in [-0.05, 0) is 50.8 Å². The van der Waals surface area contributed by atoms with Gasteiger partial charge in [-0.2, -0.15) is 0 Å². The zero-order valence-corrected chi connectivity index (χ0v) is 16.3. The van der Waals surface area contributed by atoms with Crippen molar-refractivity contribution in [2.24, 2.45) is 0 Å². The summed E-state index contributed by atoms with van der Waals surface area (Å²) in [6.45, 7) is 8.08. The summed E-state index contributed by atoms with van der Waals surface area (Å²) in [5.74, 6) is 1.14. The molecular weight excluding hydrogens is 328 g/mol. The molecule has 144 valence electrons. The molecule has 5 nitrogen and oxygen atoms in total. The molecule has 0 aliphatic carbocycles. The topological polar surface area (TPSA) is 42.0 Å². The predicted octanol–water partition coefficient (Wildman–Crippen LogP) is 2.73. The smallest absolute Gasteiger partial charge is 0.223 e. The Balaban J connectivity index is 1.51. The number of rotatable bonds is 6. The van der Waals surface area contributed by atoms with Gasteiger partial charge in [0, 0.05) is 38.6 Å². The molecule has 26 heavy (non-hydrogen) atoms. The average Bonchev–Trinajstić information content (AvgIpc) is 3.07. The highest BCUT2D eigenvalue weighted by Crippen LogP contribution is 2.22. The molecule has 2 aliphatic heterocycles. The van der Waals surface area contributed by atoms with Crippen LogP contribution in [0.2, 0.25) is 0 Å². The number of carbonyl (C=O) groups excluding carboxylic acids is 1. The summed E-state index contributed by atoms with van der Waals surface area (Å²) in [5.41, 5.74) is 1.19. The molecule has 0 aromatic heterocycles. The van der Waals surface area contributed by atoms with E-state index in [0.717, 1.165) is 51.2 Å². The number of amides is 1. The van der Waals surface area contributed by atoms with Gasteiger partial charge < -0.3 is 14.4 Å². The van der Waals surface area contributed by atoms with Crippen molar-refractivity contribution in [3.8, 4) is 5.75 Å². The molecule has 3 rings (SSSR count). The van der Waals surface area contributed by atoms with Gasteiger partial charge in [0.05, 0.1) is 19.3 Å². The number of likely N-dealkylation sites (tertiary alicyclic amines) is 1. The van der Waals surface area contributed by atoms with Crippen LogP contribution in [0.15, 0.2) is 24.3 Å². The summed E-state index contributed by atoms with van der Waals surface area (Å²) < 4.78 is 11.0. The van der Waals surface area contributed by atoms with Gasteiger partial charge >= 0.3 is 0 Å². The normalized spacial score (nSPS) is 26.9. The second-order valence-electron chi connectivity index (χ2n) is 7.71. The van der Waals surface area contributed by atoms with Gasteiger partial charge in [-0.3, -0.25) is 9.69 Å². The molecular formula is C21H32N2O3. The van der Waals surface area contributed by atoms with E-state index in [4.69, 9.17) is 9.47 Å². The minimum atomic E-state index is 0.277. The summed E-state index contributed by atoms with van der Waals surface area (Å²) in [4.78, 5) is 17.4. The fourth-order valence-corrected chi connectivity index (χ4v) is 4.27. The number of hydrogen-bond donors (Lipinski definition) is 0. The van der Waals surface area contributed by atoms with Crippen LogP contribution in [-0.4, -0.2) is 67.2 Å². The van der Waals surface area contributed by atoms with E-state index in [1.54, 1.807) is 7.11 Å². The number of nitrogens with zero attached hydrogens (tertiary/aromatic N) is 2. The molecule has 1 amide bonds.